The zero-order valence-corrected chi connectivity index (χ0v) is 19.0. The minimum atomic E-state index is -0.666. The lowest BCUT2D eigenvalue weighted by atomic mass is 10.0. The Hall–Kier alpha value is -3.68. The van der Waals surface area contributed by atoms with Gasteiger partial charge in [0.2, 0.25) is 0 Å². The number of carbonyl (C=O) groups excluding carboxylic acids is 1. The first kappa shape index (κ1) is 21.2. The molecule has 162 valence electrons. The molecule has 0 radical (unpaired) electrons. The van der Waals surface area contributed by atoms with E-state index in [9.17, 15) is 14.4 Å². The average Bonchev–Trinajstić information content (AvgIpc) is 2.78. The summed E-state index contributed by atoms with van der Waals surface area (Å²) in [6, 6.07) is 19.2. The van der Waals surface area contributed by atoms with Gasteiger partial charge in [-0.1, -0.05) is 39.7 Å². The van der Waals surface area contributed by atoms with Gasteiger partial charge >= 0.3 is 17.2 Å². The number of halogens is 2. The number of fused-ring (bicyclic) bond motifs is 2. The molecular weight excluding hydrogens is 512 g/mol. The smallest absolute Gasteiger partial charge is 0.345 e. The average molecular weight is 524 g/mol. The molecule has 3 aromatic carbocycles. The monoisotopic (exact) mass is 522 g/mol. The van der Waals surface area contributed by atoms with Gasteiger partial charge in [0, 0.05) is 32.9 Å². The predicted octanol–water partition coefficient (Wildman–Crippen LogP) is 6.20. The second kappa shape index (κ2) is 8.35. The van der Waals surface area contributed by atoms with Crippen LogP contribution in [0.4, 0.5) is 0 Å². The normalized spacial score (nSPS) is 11.1. The van der Waals surface area contributed by atoms with Crippen molar-refractivity contribution in [1.29, 1.82) is 0 Å². The van der Waals surface area contributed by atoms with Crippen LogP contribution in [0.25, 0.3) is 33.1 Å². The van der Waals surface area contributed by atoms with Crippen molar-refractivity contribution in [3.8, 4) is 16.9 Å². The summed E-state index contributed by atoms with van der Waals surface area (Å²) in [7, 11) is 0. The molecule has 2 heterocycles. The lowest BCUT2D eigenvalue weighted by Crippen LogP contribution is -2.09. The Morgan fingerprint density at radius 3 is 2.48 bits per heavy atom. The van der Waals surface area contributed by atoms with E-state index in [0.29, 0.717) is 21.9 Å². The number of benzene rings is 3. The van der Waals surface area contributed by atoms with Crippen LogP contribution >= 0.6 is 27.5 Å². The highest BCUT2D eigenvalue weighted by atomic mass is 79.9. The molecule has 5 aromatic rings. The molecule has 0 bridgehead atoms. The van der Waals surface area contributed by atoms with Gasteiger partial charge < -0.3 is 13.6 Å². The van der Waals surface area contributed by atoms with E-state index in [2.05, 4.69) is 15.9 Å². The zero-order chi connectivity index (χ0) is 23.1. The van der Waals surface area contributed by atoms with Gasteiger partial charge in [-0.2, -0.15) is 0 Å². The summed E-state index contributed by atoms with van der Waals surface area (Å²) in [6.45, 7) is 0. The zero-order valence-electron chi connectivity index (χ0n) is 16.6. The Labute approximate surface area is 199 Å². The van der Waals surface area contributed by atoms with Crippen LogP contribution in [0.1, 0.15) is 10.4 Å². The Morgan fingerprint density at radius 1 is 0.848 bits per heavy atom. The van der Waals surface area contributed by atoms with E-state index < -0.39 is 17.2 Å². The van der Waals surface area contributed by atoms with Gasteiger partial charge in [0.25, 0.3) is 0 Å². The highest BCUT2D eigenvalue weighted by Crippen LogP contribution is 2.31. The molecular formula is C25H12BrClO6. The first-order chi connectivity index (χ1) is 15.9. The van der Waals surface area contributed by atoms with Crippen molar-refractivity contribution < 1.29 is 18.4 Å². The molecule has 6 nitrogen and oxygen atoms in total. The van der Waals surface area contributed by atoms with Crippen LogP contribution in [0.3, 0.4) is 0 Å². The SMILES string of the molecule is O=C(Oc1ccc2c(-c3cc4cc(Br)ccc4oc3=O)cc(=O)oc2c1)c1ccccc1Cl. The number of ether oxygens (including phenoxy) is 1. The van der Waals surface area contributed by atoms with Crippen LogP contribution in [-0.2, 0) is 0 Å². The van der Waals surface area contributed by atoms with Crippen molar-refractivity contribution in [2.24, 2.45) is 0 Å². The topological polar surface area (TPSA) is 86.7 Å². The fourth-order valence-electron chi connectivity index (χ4n) is 3.50. The van der Waals surface area contributed by atoms with Gasteiger partial charge in [-0.25, -0.2) is 14.4 Å². The summed E-state index contributed by atoms with van der Waals surface area (Å²) in [4.78, 5) is 37.4. The van der Waals surface area contributed by atoms with Crippen LogP contribution in [0.2, 0.25) is 5.02 Å². The summed E-state index contributed by atoms with van der Waals surface area (Å²) >= 11 is 9.45. The van der Waals surface area contributed by atoms with Crippen LogP contribution in [-0.4, -0.2) is 5.97 Å². The summed E-state index contributed by atoms with van der Waals surface area (Å²) in [5, 5.41) is 1.42. The predicted molar refractivity (Wildman–Crippen MR) is 128 cm³/mol. The van der Waals surface area contributed by atoms with Gasteiger partial charge in [-0.05, 0) is 48.5 Å². The van der Waals surface area contributed by atoms with E-state index in [4.69, 9.17) is 25.2 Å². The number of carbonyl (C=O) groups is 1. The molecule has 0 saturated carbocycles. The lowest BCUT2D eigenvalue weighted by Gasteiger charge is -2.09. The van der Waals surface area contributed by atoms with Crippen LogP contribution in [0.15, 0.2) is 95.7 Å². The van der Waals surface area contributed by atoms with Crippen LogP contribution < -0.4 is 16.0 Å². The molecule has 0 amide bonds. The molecule has 8 heteroatoms. The minimum absolute atomic E-state index is 0.149. The maximum Gasteiger partial charge on any atom is 0.345 e. The number of rotatable bonds is 3. The van der Waals surface area contributed by atoms with Crippen molar-refractivity contribution in [2.45, 2.75) is 0 Å². The molecule has 0 N–H and O–H groups in total. The molecule has 0 aliphatic rings. The molecule has 5 rings (SSSR count). The molecule has 33 heavy (non-hydrogen) atoms. The summed E-state index contributed by atoms with van der Waals surface area (Å²) in [5.74, 6) is -0.499. The summed E-state index contributed by atoms with van der Waals surface area (Å²) in [6.07, 6.45) is 0. The van der Waals surface area contributed by atoms with Gasteiger partial charge in [0.1, 0.15) is 16.9 Å². The maximum absolute atomic E-state index is 12.7. The van der Waals surface area contributed by atoms with E-state index in [-0.39, 0.29) is 27.5 Å². The third kappa shape index (κ3) is 4.08. The van der Waals surface area contributed by atoms with E-state index in [1.807, 2.05) is 6.07 Å². The Bertz CT molecular complexity index is 1680. The molecule has 0 atom stereocenters. The van der Waals surface area contributed by atoms with Crippen molar-refractivity contribution in [2.75, 3.05) is 0 Å². The van der Waals surface area contributed by atoms with Crippen LogP contribution in [0, 0.1) is 0 Å². The van der Waals surface area contributed by atoms with Gasteiger partial charge in [-0.15, -0.1) is 0 Å². The first-order valence-corrected chi connectivity index (χ1v) is 10.8. The van der Waals surface area contributed by atoms with Crippen molar-refractivity contribution >= 4 is 55.4 Å². The lowest BCUT2D eigenvalue weighted by molar-refractivity contribution is 0.0735. The minimum Gasteiger partial charge on any atom is -0.423 e. The van der Waals surface area contributed by atoms with E-state index in [1.165, 1.54) is 12.1 Å². The highest BCUT2D eigenvalue weighted by Gasteiger charge is 2.16. The Morgan fingerprint density at radius 2 is 1.67 bits per heavy atom. The quantitative estimate of drug-likeness (QED) is 0.159. The second-order valence-electron chi connectivity index (χ2n) is 7.14. The Kier molecular flexibility index (Phi) is 5.36. The van der Waals surface area contributed by atoms with Crippen molar-refractivity contribution in [1.82, 2.24) is 0 Å². The van der Waals surface area contributed by atoms with Crippen molar-refractivity contribution in [3.63, 3.8) is 0 Å². The standard InChI is InChI=1S/C25H12BrClO6/c26-14-5-8-21-13(9-14)10-19(25(30)33-21)18-12-23(28)32-22-11-15(6-7-16(18)22)31-24(29)17-3-1-2-4-20(17)27/h1-12H. The van der Waals surface area contributed by atoms with E-state index in [0.717, 1.165) is 4.47 Å². The highest BCUT2D eigenvalue weighted by molar-refractivity contribution is 9.10. The largest absolute Gasteiger partial charge is 0.423 e. The second-order valence-corrected chi connectivity index (χ2v) is 8.46. The maximum atomic E-state index is 12.7. The number of hydrogen-bond acceptors (Lipinski definition) is 6. The fraction of sp³-hybridized carbons (Fsp3) is 0. The van der Waals surface area contributed by atoms with Gasteiger partial charge in [0.15, 0.2) is 0 Å². The van der Waals surface area contributed by atoms with E-state index in [1.54, 1.807) is 54.6 Å². The Balaban J connectivity index is 1.61. The number of esters is 1. The first-order valence-electron chi connectivity index (χ1n) is 9.67. The van der Waals surface area contributed by atoms with E-state index >= 15 is 0 Å². The molecule has 0 unspecified atom stereocenters. The fourth-order valence-corrected chi connectivity index (χ4v) is 4.09. The molecule has 0 aliphatic carbocycles. The molecule has 0 aliphatic heterocycles. The number of hydrogen-bond donors (Lipinski definition) is 0. The molecule has 0 fully saturated rings. The van der Waals surface area contributed by atoms with Gasteiger partial charge in [-0.3, -0.25) is 0 Å². The van der Waals surface area contributed by atoms with Crippen LogP contribution in [0.5, 0.6) is 5.75 Å². The van der Waals surface area contributed by atoms with Gasteiger partial charge in [0.05, 0.1) is 16.1 Å². The third-order valence-electron chi connectivity index (χ3n) is 5.00. The van der Waals surface area contributed by atoms with Crippen molar-refractivity contribution in [3.05, 3.63) is 109 Å². The molecule has 2 aromatic heterocycles. The summed E-state index contributed by atoms with van der Waals surface area (Å²) in [5.41, 5.74) is 0.0741. The third-order valence-corrected chi connectivity index (χ3v) is 5.83. The summed E-state index contributed by atoms with van der Waals surface area (Å²) < 4.78 is 17.0. The molecule has 0 spiro atoms. The molecule has 0 saturated heterocycles.